The fourth-order valence-corrected chi connectivity index (χ4v) is 3.15. The summed E-state index contributed by atoms with van der Waals surface area (Å²) in [5.41, 5.74) is 0.690. The molecule has 1 saturated heterocycles. The number of methoxy groups -OCH3 is 1. The lowest BCUT2D eigenvalue weighted by molar-refractivity contribution is -0.123. The zero-order valence-electron chi connectivity index (χ0n) is 16.4. The van der Waals surface area contributed by atoms with E-state index in [1.807, 2.05) is 7.05 Å². The Morgan fingerprint density at radius 1 is 1.32 bits per heavy atom. The SMILES string of the molecule is COc1ccc(CNC(=O)C[C@@H]2CC[C@H](CNC(C)=O)N2C)cc1F.O=CO. The summed E-state index contributed by atoms with van der Waals surface area (Å²) in [6.45, 7) is 2.14. The molecular weight excluding hydrogens is 369 g/mol. The van der Waals surface area contributed by atoms with Crippen molar-refractivity contribution in [2.75, 3.05) is 20.7 Å². The number of hydrogen-bond donors (Lipinski definition) is 3. The van der Waals surface area contributed by atoms with Gasteiger partial charge in [0, 0.05) is 38.5 Å². The molecule has 156 valence electrons. The lowest BCUT2D eigenvalue weighted by atomic mass is 10.1. The number of likely N-dealkylation sites (N-methyl/N-ethyl adjacent to an activating group) is 1. The van der Waals surface area contributed by atoms with Gasteiger partial charge in [-0.2, -0.15) is 0 Å². The van der Waals surface area contributed by atoms with E-state index in [1.54, 1.807) is 12.1 Å². The predicted molar refractivity (Wildman–Crippen MR) is 101 cm³/mol. The lowest BCUT2D eigenvalue weighted by Crippen LogP contribution is -2.41. The summed E-state index contributed by atoms with van der Waals surface area (Å²) < 4.78 is 18.5. The molecule has 9 heteroatoms. The Bertz CT molecular complexity index is 671. The van der Waals surface area contributed by atoms with Crippen molar-refractivity contribution in [3.8, 4) is 5.75 Å². The number of halogens is 1. The van der Waals surface area contributed by atoms with Crippen LogP contribution in [0.15, 0.2) is 18.2 Å². The Labute approximate surface area is 164 Å². The molecule has 2 amide bonds. The average Bonchev–Trinajstić information content (AvgIpc) is 2.99. The first-order valence-corrected chi connectivity index (χ1v) is 8.95. The average molecular weight is 397 g/mol. The number of hydrogen-bond acceptors (Lipinski definition) is 5. The molecule has 0 bridgehead atoms. The fourth-order valence-electron chi connectivity index (χ4n) is 3.15. The molecule has 0 unspecified atom stereocenters. The van der Waals surface area contributed by atoms with Crippen molar-refractivity contribution in [1.82, 2.24) is 15.5 Å². The van der Waals surface area contributed by atoms with Crippen LogP contribution in [0.2, 0.25) is 0 Å². The van der Waals surface area contributed by atoms with Gasteiger partial charge in [-0.15, -0.1) is 0 Å². The second-order valence-corrected chi connectivity index (χ2v) is 6.54. The molecule has 2 rings (SSSR count). The summed E-state index contributed by atoms with van der Waals surface area (Å²) in [7, 11) is 3.40. The first-order chi connectivity index (χ1) is 13.3. The molecule has 1 aromatic rings. The van der Waals surface area contributed by atoms with Crippen molar-refractivity contribution in [3.63, 3.8) is 0 Å². The van der Waals surface area contributed by atoms with E-state index in [1.165, 1.54) is 20.1 Å². The maximum atomic E-state index is 13.7. The molecule has 1 aliphatic rings. The monoisotopic (exact) mass is 397 g/mol. The normalized spacial score (nSPS) is 18.6. The largest absolute Gasteiger partial charge is 0.494 e. The van der Waals surface area contributed by atoms with E-state index in [-0.39, 0.29) is 42.7 Å². The van der Waals surface area contributed by atoms with Gasteiger partial charge >= 0.3 is 0 Å². The van der Waals surface area contributed by atoms with E-state index >= 15 is 0 Å². The van der Waals surface area contributed by atoms with Crippen LogP contribution in [0.3, 0.4) is 0 Å². The van der Waals surface area contributed by atoms with Crippen LogP contribution in [0, 0.1) is 5.82 Å². The van der Waals surface area contributed by atoms with Gasteiger partial charge in [-0.05, 0) is 37.6 Å². The molecule has 3 N–H and O–H groups in total. The molecule has 8 nitrogen and oxygen atoms in total. The maximum Gasteiger partial charge on any atom is 0.290 e. The quantitative estimate of drug-likeness (QED) is 0.596. The van der Waals surface area contributed by atoms with Crippen molar-refractivity contribution >= 4 is 18.3 Å². The highest BCUT2D eigenvalue weighted by Gasteiger charge is 2.31. The highest BCUT2D eigenvalue weighted by atomic mass is 19.1. The number of benzene rings is 1. The van der Waals surface area contributed by atoms with Crippen molar-refractivity contribution in [2.45, 2.75) is 44.8 Å². The molecule has 1 fully saturated rings. The van der Waals surface area contributed by atoms with E-state index < -0.39 is 5.82 Å². The molecule has 0 saturated carbocycles. The van der Waals surface area contributed by atoms with Crippen LogP contribution in [-0.2, 0) is 20.9 Å². The van der Waals surface area contributed by atoms with Crippen LogP contribution in [0.25, 0.3) is 0 Å². The van der Waals surface area contributed by atoms with Crippen molar-refractivity contribution in [2.24, 2.45) is 0 Å². The van der Waals surface area contributed by atoms with Crippen molar-refractivity contribution in [1.29, 1.82) is 0 Å². The summed E-state index contributed by atoms with van der Waals surface area (Å²) in [6.07, 6.45) is 2.27. The highest BCUT2D eigenvalue weighted by molar-refractivity contribution is 5.76. The van der Waals surface area contributed by atoms with Gasteiger partial charge in [0.15, 0.2) is 11.6 Å². The van der Waals surface area contributed by atoms with Gasteiger partial charge in [0.2, 0.25) is 11.8 Å². The van der Waals surface area contributed by atoms with Crippen molar-refractivity contribution < 1.29 is 28.6 Å². The van der Waals surface area contributed by atoms with E-state index in [4.69, 9.17) is 14.6 Å². The minimum atomic E-state index is -0.439. The first-order valence-electron chi connectivity index (χ1n) is 8.95. The molecule has 2 atom stereocenters. The summed E-state index contributed by atoms with van der Waals surface area (Å²) in [5, 5.41) is 12.5. The fraction of sp³-hybridized carbons (Fsp3) is 0.526. The van der Waals surface area contributed by atoms with Gasteiger partial charge in [-0.1, -0.05) is 6.07 Å². The number of nitrogens with zero attached hydrogens (tertiary/aromatic N) is 1. The molecule has 0 aromatic heterocycles. The summed E-state index contributed by atoms with van der Waals surface area (Å²) in [5.74, 6) is -0.354. The molecule has 1 aromatic carbocycles. The molecular formula is C19H28FN3O5. The van der Waals surface area contributed by atoms with Crippen molar-refractivity contribution in [3.05, 3.63) is 29.6 Å². The van der Waals surface area contributed by atoms with Crippen LogP contribution >= 0.6 is 0 Å². The van der Waals surface area contributed by atoms with Crippen LogP contribution in [0.1, 0.15) is 31.7 Å². The third-order valence-corrected chi connectivity index (χ3v) is 4.70. The third-order valence-electron chi connectivity index (χ3n) is 4.70. The minimum absolute atomic E-state index is 0.0404. The molecule has 0 spiro atoms. The number of amides is 2. The Kier molecular flexibility index (Phi) is 9.94. The van der Waals surface area contributed by atoms with Crippen LogP contribution < -0.4 is 15.4 Å². The summed E-state index contributed by atoms with van der Waals surface area (Å²) in [4.78, 5) is 33.7. The first kappa shape index (κ1) is 23.4. The Morgan fingerprint density at radius 3 is 2.54 bits per heavy atom. The Morgan fingerprint density at radius 2 is 1.96 bits per heavy atom. The molecule has 28 heavy (non-hydrogen) atoms. The van der Waals surface area contributed by atoms with Gasteiger partial charge in [0.05, 0.1) is 7.11 Å². The number of ether oxygens (including phenoxy) is 1. The molecule has 0 radical (unpaired) electrons. The summed E-state index contributed by atoms with van der Waals surface area (Å²) in [6, 6.07) is 5.06. The van der Waals surface area contributed by atoms with Gasteiger partial charge in [0.1, 0.15) is 0 Å². The number of nitrogens with one attached hydrogen (secondary N) is 2. The maximum absolute atomic E-state index is 13.7. The number of likely N-dealkylation sites (tertiary alicyclic amines) is 1. The van der Waals surface area contributed by atoms with Gasteiger partial charge in [0.25, 0.3) is 6.47 Å². The van der Waals surface area contributed by atoms with Gasteiger partial charge in [-0.25, -0.2) is 4.39 Å². The minimum Gasteiger partial charge on any atom is -0.494 e. The van der Waals surface area contributed by atoms with E-state index in [9.17, 15) is 14.0 Å². The molecule has 0 aliphatic carbocycles. The molecule has 1 heterocycles. The van der Waals surface area contributed by atoms with E-state index in [0.29, 0.717) is 18.5 Å². The number of carboxylic acid groups (broad SMARTS) is 1. The zero-order valence-corrected chi connectivity index (χ0v) is 16.4. The topological polar surface area (TPSA) is 108 Å². The summed E-state index contributed by atoms with van der Waals surface area (Å²) >= 11 is 0. The third kappa shape index (κ3) is 7.51. The lowest BCUT2D eigenvalue weighted by Gasteiger charge is -2.25. The second-order valence-electron chi connectivity index (χ2n) is 6.54. The standard InChI is InChI=1S/C18H26FN3O3.CH2O2/c1-12(23)20-11-15-6-5-14(22(15)2)9-18(24)21-10-13-4-7-17(25-3)16(19)8-13;2-1-3/h4,7-8,14-15H,5-6,9-11H2,1-3H3,(H,20,23)(H,21,24);1H,(H,2,3)/t14-,15+;/m0./s1. The van der Waals surface area contributed by atoms with E-state index in [0.717, 1.165) is 12.8 Å². The predicted octanol–water partition coefficient (Wildman–Crippen LogP) is 1.14. The van der Waals surface area contributed by atoms with Crippen LogP contribution in [0.5, 0.6) is 5.75 Å². The zero-order chi connectivity index (χ0) is 21.1. The smallest absolute Gasteiger partial charge is 0.290 e. The molecule has 1 aliphatic heterocycles. The number of rotatable bonds is 7. The van der Waals surface area contributed by atoms with E-state index in [2.05, 4.69) is 15.5 Å². The number of carbonyl (C=O) groups is 3. The Balaban J connectivity index is 0.00000122. The van der Waals surface area contributed by atoms with Gasteiger partial charge < -0.3 is 20.5 Å². The van der Waals surface area contributed by atoms with Crippen LogP contribution in [0.4, 0.5) is 4.39 Å². The van der Waals surface area contributed by atoms with Gasteiger partial charge in [-0.3, -0.25) is 19.3 Å². The second kappa shape index (κ2) is 11.9. The number of carbonyl (C=O) groups excluding carboxylic acids is 2. The Hall–Kier alpha value is -2.68. The highest BCUT2D eigenvalue weighted by Crippen LogP contribution is 2.24. The van der Waals surface area contributed by atoms with Crippen LogP contribution in [-0.4, -0.2) is 61.1 Å².